The zero-order chi connectivity index (χ0) is 20.3. The average Bonchev–Trinajstić information content (AvgIpc) is 3.01. The van der Waals surface area contributed by atoms with Crippen molar-refractivity contribution < 1.29 is 19.7 Å². The van der Waals surface area contributed by atoms with E-state index in [-0.39, 0.29) is 17.1 Å². The number of allylic oxidation sites excluding steroid dienone is 3. The second-order valence-corrected chi connectivity index (χ2v) is 10.3. The molecule has 0 saturated heterocycles. The lowest BCUT2D eigenvalue weighted by molar-refractivity contribution is -0.156. The van der Waals surface area contributed by atoms with Gasteiger partial charge in [0.15, 0.2) is 6.29 Å². The zero-order valence-electron chi connectivity index (χ0n) is 18.1. The minimum atomic E-state index is -0.456. The topological polar surface area (TPSA) is 58.9 Å². The zero-order valence-corrected chi connectivity index (χ0v) is 18.1. The standard InChI is InChI=1S/C24H38O4/c1-14(22(27-4)28-5)18-8-9-19-17-7-6-15-12-16(25)13-21(26)24(15,3)20(17)10-11-23(18,19)2/h6-7,14,16,18-22,25-26H,8-13H2,1-5H3/t14?,16?,18-,19+,20+,21?,23-,24+/m1/s1. The fraction of sp³-hybridized carbons (Fsp3) is 0.833. The van der Waals surface area contributed by atoms with Gasteiger partial charge in [-0.15, -0.1) is 0 Å². The van der Waals surface area contributed by atoms with E-state index in [4.69, 9.17) is 9.47 Å². The second-order valence-electron chi connectivity index (χ2n) is 10.3. The highest BCUT2D eigenvalue weighted by atomic mass is 16.7. The molecule has 0 aromatic heterocycles. The van der Waals surface area contributed by atoms with E-state index in [0.29, 0.717) is 36.5 Å². The van der Waals surface area contributed by atoms with Crippen LogP contribution in [0.3, 0.4) is 0 Å². The van der Waals surface area contributed by atoms with Crippen molar-refractivity contribution >= 4 is 0 Å². The van der Waals surface area contributed by atoms with Gasteiger partial charge in [0, 0.05) is 32.0 Å². The Morgan fingerprint density at radius 2 is 1.75 bits per heavy atom. The van der Waals surface area contributed by atoms with Crippen molar-refractivity contribution in [2.75, 3.05) is 14.2 Å². The molecule has 2 N–H and O–H groups in total. The highest BCUT2D eigenvalue weighted by Gasteiger charge is 2.59. The van der Waals surface area contributed by atoms with Crippen molar-refractivity contribution in [1.29, 1.82) is 0 Å². The average molecular weight is 391 g/mol. The third-order valence-corrected chi connectivity index (χ3v) is 9.25. The molecule has 3 saturated carbocycles. The molecule has 4 aliphatic carbocycles. The molecule has 4 aliphatic rings. The minimum absolute atomic E-state index is 0.149. The molecule has 0 heterocycles. The van der Waals surface area contributed by atoms with Gasteiger partial charge in [-0.3, -0.25) is 0 Å². The fourth-order valence-electron chi connectivity index (χ4n) is 7.67. The Bertz CT molecular complexity index is 666. The van der Waals surface area contributed by atoms with Gasteiger partial charge in [-0.25, -0.2) is 0 Å². The summed E-state index contributed by atoms with van der Waals surface area (Å²) in [6, 6.07) is 0. The molecular formula is C24H38O4. The molecule has 0 aliphatic heterocycles. The van der Waals surface area contributed by atoms with Crippen molar-refractivity contribution in [2.45, 2.75) is 77.8 Å². The highest BCUT2D eigenvalue weighted by molar-refractivity contribution is 5.40. The molecule has 0 amide bonds. The molecule has 4 rings (SSSR count). The first kappa shape index (κ1) is 20.6. The lowest BCUT2D eigenvalue weighted by Crippen LogP contribution is -2.52. The molecule has 0 radical (unpaired) electrons. The molecule has 3 fully saturated rings. The number of ether oxygens (including phenoxy) is 2. The maximum atomic E-state index is 11.0. The summed E-state index contributed by atoms with van der Waals surface area (Å²) in [4.78, 5) is 0. The predicted octanol–water partition coefficient (Wildman–Crippen LogP) is 4.07. The van der Waals surface area contributed by atoms with Gasteiger partial charge in [0.05, 0.1) is 12.2 Å². The first-order valence-corrected chi connectivity index (χ1v) is 11.1. The largest absolute Gasteiger partial charge is 0.393 e. The molecule has 0 aromatic rings. The normalized spacial score (nSPS) is 46.4. The number of methoxy groups -OCH3 is 2. The fourth-order valence-corrected chi connectivity index (χ4v) is 7.67. The van der Waals surface area contributed by atoms with Crippen molar-refractivity contribution in [2.24, 2.45) is 34.5 Å². The van der Waals surface area contributed by atoms with Gasteiger partial charge in [0.2, 0.25) is 0 Å². The number of hydrogen-bond acceptors (Lipinski definition) is 4. The van der Waals surface area contributed by atoms with Gasteiger partial charge >= 0.3 is 0 Å². The second kappa shape index (κ2) is 7.23. The molecular weight excluding hydrogens is 352 g/mol. The van der Waals surface area contributed by atoms with Crippen LogP contribution in [-0.4, -0.2) is 42.9 Å². The lowest BCUT2D eigenvalue weighted by Gasteiger charge is -2.56. The van der Waals surface area contributed by atoms with E-state index in [1.807, 2.05) is 0 Å². The van der Waals surface area contributed by atoms with E-state index < -0.39 is 12.2 Å². The Morgan fingerprint density at radius 3 is 2.43 bits per heavy atom. The van der Waals surface area contributed by atoms with Crippen molar-refractivity contribution in [1.82, 2.24) is 0 Å². The number of hydrogen-bond donors (Lipinski definition) is 2. The van der Waals surface area contributed by atoms with E-state index in [9.17, 15) is 10.2 Å². The van der Waals surface area contributed by atoms with Crippen molar-refractivity contribution in [3.63, 3.8) is 0 Å². The minimum Gasteiger partial charge on any atom is -0.393 e. The Balaban J connectivity index is 1.66. The van der Waals surface area contributed by atoms with Gasteiger partial charge in [0.1, 0.15) is 0 Å². The maximum Gasteiger partial charge on any atom is 0.159 e. The summed E-state index contributed by atoms with van der Waals surface area (Å²) in [5.41, 5.74) is 2.85. The predicted molar refractivity (Wildman–Crippen MR) is 110 cm³/mol. The third-order valence-electron chi connectivity index (χ3n) is 9.25. The summed E-state index contributed by atoms with van der Waals surface area (Å²) in [5, 5.41) is 21.2. The molecule has 8 atom stereocenters. The Morgan fingerprint density at radius 1 is 1.04 bits per heavy atom. The van der Waals surface area contributed by atoms with E-state index in [1.165, 1.54) is 24.8 Å². The Labute approximate surface area is 170 Å². The molecule has 3 unspecified atom stereocenters. The quantitative estimate of drug-likeness (QED) is 0.711. The van der Waals surface area contributed by atoms with Gasteiger partial charge in [-0.1, -0.05) is 44.1 Å². The van der Waals surface area contributed by atoms with Gasteiger partial charge in [-0.05, 0) is 55.3 Å². The number of aliphatic hydroxyl groups is 2. The van der Waals surface area contributed by atoms with Crippen LogP contribution < -0.4 is 0 Å². The van der Waals surface area contributed by atoms with E-state index in [1.54, 1.807) is 19.8 Å². The van der Waals surface area contributed by atoms with Crippen LogP contribution in [-0.2, 0) is 9.47 Å². The molecule has 4 nitrogen and oxygen atoms in total. The van der Waals surface area contributed by atoms with Crippen LogP contribution in [0.25, 0.3) is 0 Å². The molecule has 0 spiro atoms. The van der Waals surface area contributed by atoms with Gasteiger partial charge < -0.3 is 19.7 Å². The van der Waals surface area contributed by atoms with Crippen molar-refractivity contribution in [3.05, 3.63) is 23.3 Å². The number of aliphatic hydroxyl groups excluding tert-OH is 2. The van der Waals surface area contributed by atoms with Crippen LogP contribution in [0.4, 0.5) is 0 Å². The summed E-state index contributed by atoms with van der Waals surface area (Å²) in [7, 11) is 3.48. The Kier molecular flexibility index (Phi) is 5.31. The third kappa shape index (κ3) is 2.79. The van der Waals surface area contributed by atoms with Gasteiger partial charge in [-0.2, -0.15) is 0 Å². The van der Waals surface area contributed by atoms with Gasteiger partial charge in [0.25, 0.3) is 0 Å². The maximum absolute atomic E-state index is 11.0. The monoisotopic (exact) mass is 390 g/mol. The van der Waals surface area contributed by atoms with Crippen LogP contribution in [0.2, 0.25) is 0 Å². The molecule has 0 aromatic carbocycles. The van der Waals surface area contributed by atoms with Crippen LogP contribution in [0.5, 0.6) is 0 Å². The SMILES string of the molecule is COC(OC)C(C)[C@H]1CC[C@H]2C3=CC=C4CC(O)CC(O)[C@]4(C)[C@H]3CC[C@]12C. The summed E-state index contributed by atoms with van der Waals surface area (Å²) in [6.45, 7) is 7.01. The van der Waals surface area contributed by atoms with Crippen LogP contribution in [0, 0.1) is 34.5 Å². The van der Waals surface area contributed by atoms with E-state index in [0.717, 1.165) is 6.42 Å². The number of fused-ring (bicyclic) bond motifs is 5. The van der Waals surface area contributed by atoms with E-state index >= 15 is 0 Å². The summed E-state index contributed by atoms with van der Waals surface area (Å²) >= 11 is 0. The highest BCUT2D eigenvalue weighted by Crippen LogP contribution is 2.66. The molecule has 0 bridgehead atoms. The molecule has 28 heavy (non-hydrogen) atoms. The smallest absolute Gasteiger partial charge is 0.159 e. The summed E-state index contributed by atoms with van der Waals surface area (Å²) in [6.07, 6.45) is 9.51. The summed E-state index contributed by atoms with van der Waals surface area (Å²) in [5.74, 6) is 1.92. The van der Waals surface area contributed by atoms with Crippen LogP contribution >= 0.6 is 0 Å². The first-order chi connectivity index (χ1) is 13.3. The molecule has 158 valence electrons. The van der Waals surface area contributed by atoms with Crippen LogP contribution in [0.1, 0.15) is 59.3 Å². The van der Waals surface area contributed by atoms with Crippen molar-refractivity contribution in [3.8, 4) is 0 Å². The summed E-state index contributed by atoms with van der Waals surface area (Å²) < 4.78 is 11.2. The molecule has 4 heteroatoms. The number of rotatable bonds is 4. The first-order valence-electron chi connectivity index (χ1n) is 11.1. The van der Waals surface area contributed by atoms with E-state index in [2.05, 4.69) is 32.9 Å². The Hall–Kier alpha value is -0.680. The lowest BCUT2D eigenvalue weighted by atomic mass is 9.49. The van der Waals surface area contributed by atoms with Crippen LogP contribution in [0.15, 0.2) is 23.3 Å².